The standard InChI is InChI=1S/C25H36FO4PSi/c1-6-25(7-2,23(26)19-14-20-31(27,28)29)30-32(24(3,4)5,21-15-10-8-11-16-21)22-17-12-9-13-18-22/h8-13,15-19H,6-7,14,20H2,1-5H3,(H2,27,28,29). The molecular formula is C25H36FO4PSi. The molecule has 2 rings (SSSR count). The van der Waals surface area contributed by atoms with Crippen molar-refractivity contribution in [2.45, 2.75) is 64.5 Å². The van der Waals surface area contributed by atoms with Crippen molar-refractivity contribution >= 4 is 26.3 Å². The van der Waals surface area contributed by atoms with Crippen molar-refractivity contribution in [1.29, 1.82) is 0 Å². The first kappa shape index (κ1) is 26.7. The normalized spacial score (nSPS) is 13.9. The summed E-state index contributed by atoms with van der Waals surface area (Å²) < 4.78 is 34.1. The molecule has 0 heterocycles. The maximum atomic E-state index is 15.8. The summed E-state index contributed by atoms with van der Waals surface area (Å²) in [5.74, 6) is -0.455. The van der Waals surface area contributed by atoms with Gasteiger partial charge in [-0.15, -0.1) is 0 Å². The molecular weight excluding hydrogens is 442 g/mol. The van der Waals surface area contributed by atoms with E-state index in [1.165, 1.54) is 6.08 Å². The Bertz CT molecular complexity index is 892. The molecule has 0 unspecified atom stereocenters. The van der Waals surface area contributed by atoms with Crippen LogP contribution >= 0.6 is 7.60 Å². The molecule has 0 radical (unpaired) electrons. The third-order valence-electron chi connectivity index (χ3n) is 6.09. The summed E-state index contributed by atoms with van der Waals surface area (Å²) in [5.41, 5.74) is -1.18. The molecule has 0 saturated heterocycles. The largest absolute Gasteiger partial charge is 0.396 e. The monoisotopic (exact) mass is 478 g/mol. The molecule has 0 spiro atoms. The summed E-state index contributed by atoms with van der Waals surface area (Å²) in [6.07, 6.45) is 1.69. The van der Waals surface area contributed by atoms with Crippen LogP contribution in [-0.4, -0.2) is 29.9 Å². The van der Waals surface area contributed by atoms with Crippen LogP contribution in [0.2, 0.25) is 5.04 Å². The second-order valence-corrected chi connectivity index (χ2v) is 15.2. The summed E-state index contributed by atoms with van der Waals surface area (Å²) in [4.78, 5) is 18.3. The number of benzene rings is 2. The van der Waals surface area contributed by atoms with Crippen LogP contribution in [0.1, 0.15) is 53.9 Å². The van der Waals surface area contributed by atoms with Crippen molar-refractivity contribution in [2.75, 3.05) is 6.16 Å². The van der Waals surface area contributed by atoms with Gasteiger partial charge in [-0.1, -0.05) is 95.3 Å². The van der Waals surface area contributed by atoms with Crippen molar-refractivity contribution in [3.05, 3.63) is 72.6 Å². The van der Waals surface area contributed by atoms with E-state index in [1.54, 1.807) is 0 Å². The maximum absolute atomic E-state index is 15.8. The molecule has 0 bridgehead atoms. The molecule has 0 fully saturated rings. The van der Waals surface area contributed by atoms with Crippen LogP contribution in [-0.2, 0) is 8.99 Å². The second kappa shape index (κ2) is 10.6. The van der Waals surface area contributed by atoms with E-state index < -0.39 is 27.3 Å². The minimum absolute atomic E-state index is 0.0397. The molecule has 0 aliphatic rings. The van der Waals surface area contributed by atoms with E-state index in [1.807, 2.05) is 50.2 Å². The van der Waals surface area contributed by atoms with Crippen molar-refractivity contribution in [1.82, 2.24) is 0 Å². The van der Waals surface area contributed by atoms with E-state index in [0.29, 0.717) is 12.8 Å². The fourth-order valence-corrected chi connectivity index (χ4v) is 9.64. The van der Waals surface area contributed by atoms with Crippen molar-refractivity contribution in [3.8, 4) is 0 Å². The lowest BCUT2D eigenvalue weighted by atomic mass is 9.95. The Balaban J connectivity index is 2.70. The van der Waals surface area contributed by atoms with Crippen LogP contribution in [0.5, 0.6) is 0 Å². The van der Waals surface area contributed by atoms with Crippen molar-refractivity contribution in [3.63, 3.8) is 0 Å². The van der Waals surface area contributed by atoms with Crippen LogP contribution < -0.4 is 10.4 Å². The van der Waals surface area contributed by atoms with Crippen molar-refractivity contribution < 1.29 is 23.2 Å². The first-order valence-electron chi connectivity index (χ1n) is 11.1. The van der Waals surface area contributed by atoms with Gasteiger partial charge in [0.2, 0.25) is 0 Å². The average molecular weight is 479 g/mol. The summed E-state index contributed by atoms with van der Waals surface area (Å²) in [5, 5.41) is 1.82. The lowest BCUT2D eigenvalue weighted by Crippen LogP contribution is -2.69. The van der Waals surface area contributed by atoms with Gasteiger partial charge in [-0.3, -0.25) is 4.57 Å². The minimum Gasteiger partial charge on any atom is -0.396 e. The quantitative estimate of drug-likeness (QED) is 0.347. The predicted octanol–water partition coefficient (Wildman–Crippen LogP) is 5.54. The molecule has 2 aromatic carbocycles. The molecule has 176 valence electrons. The first-order chi connectivity index (χ1) is 14.9. The predicted molar refractivity (Wildman–Crippen MR) is 133 cm³/mol. The molecule has 0 aliphatic carbocycles. The van der Waals surface area contributed by atoms with Gasteiger partial charge in [-0.25, -0.2) is 4.39 Å². The Morgan fingerprint density at radius 2 is 1.41 bits per heavy atom. The highest BCUT2D eigenvalue weighted by molar-refractivity contribution is 7.51. The zero-order valence-corrected chi connectivity index (χ0v) is 21.6. The van der Waals surface area contributed by atoms with Gasteiger partial charge in [-0.05, 0) is 40.8 Å². The lowest BCUT2D eigenvalue weighted by Gasteiger charge is -2.49. The Kier molecular flexibility index (Phi) is 8.82. The van der Waals surface area contributed by atoms with Gasteiger partial charge in [0.05, 0.1) is 6.16 Å². The third kappa shape index (κ3) is 5.86. The number of halogens is 1. The van der Waals surface area contributed by atoms with Crippen LogP contribution in [0, 0.1) is 0 Å². The van der Waals surface area contributed by atoms with Gasteiger partial charge in [0, 0.05) is 0 Å². The summed E-state index contributed by atoms with van der Waals surface area (Å²) in [6, 6.07) is 20.1. The van der Waals surface area contributed by atoms with Gasteiger partial charge in [0.1, 0.15) is 11.4 Å². The number of hydrogen-bond acceptors (Lipinski definition) is 2. The number of rotatable bonds is 10. The molecule has 2 N–H and O–H groups in total. The van der Waals surface area contributed by atoms with E-state index in [-0.39, 0.29) is 17.6 Å². The van der Waals surface area contributed by atoms with E-state index in [2.05, 4.69) is 45.0 Å². The van der Waals surface area contributed by atoms with Crippen molar-refractivity contribution in [2.24, 2.45) is 0 Å². The van der Waals surface area contributed by atoms with E-state index in [4.69, 9.17) is 4.43 Å². The Morgan fingerprint density at radius 1 is 0.969 bits per heavy atom. The van der Waals surface area contributed by atoms with E-state index in [9.17, 15) is 14.4 Å². The van der Waals surface area contributed by atoms with Gasteiger partial charge in [-0.2, -0.15) is 0 Å². The Morgan fingerprint density at radius 3 is 1.75 bits per heavy atom. The molecule has 0 atom stereocenters. The van der Waals surface area contributed by atoms with E-state index in [0.717, 1.165) is 10.4 Å². The van der Waals surface area contributed by atoms with Gasteiger partial charge in [0.15, 0.2) is 0 Å². The SMILES string of the molecule is CCC(CC)(O[Si](c1ccccc1)(c1ccccc1)C(C)(C)C)C(F)=CCCP(=O)(O)O. The van der Waals surface area contributed by atoms with Crippen LogP contribution in [0.4, 0.5) is 4.39 Å². The lowest BCUT2D eigenvalue weighted by molar-refractivity contribution is 0.0628. The number of hydrogen-bond donors (Lipinski definition) is 2. The zero-order chi connectivity index (χ0) is 24.0. The average Bonchev–Trinajstić information content (AvgIpc) is 2.74. The molecule has 4 nitrogen and oxygen atoms in total. The molecule has 2 aromatic rings. The maximum Gasteiger partial charge on any atom is 0.325 e. The fraction of sp³-hybridized carbons (Fsp3) is 0.440. The first-order valence-corrected chi connectivity index (χ1v) is 14.8. The van der Waals surface area contributed by atoms with Crippen LogP contribution in [0.3, 0.4) is 0 Å². The highest BCUT2D eigenvalue weighted by Gasteiger charge is 2.54. The minimum atomic E-state index is -4.20. The van der Waals surface area contributed by atoms with Gasteiger partial charge in [0.25, 0.3) is 8.32 Å². The fourth-order valence-electron chi connectivity index (χ4n) is 4.27. The Labute approximate surface area is 192 Å². The summed E-state index contributed by atoms with van der Waals surface area (Å²) in [7, 11) is -7.20. The van der Waals surface area contributed by atoms with E-state index >= 15 is 4.39 Å². The smallest absolute Gasteiger partial charge is 0.325 e. The topological polar surface area (TPSA) is 66.8 Å². The third-order valence-corrected chi connectivity index (χ3v) is 12.0. The van der Waals surface area contributed by atoms with Gasteiger partial charge >= 0.3 is 7.60 Å². The van der Waals surface area contributed by atoms with Crippen LogP contribution in [0.25, 0.3) is 0 Å². The molecule has 0 saturated carbocycles. The molecule has 0 aromatic heterocycles. The molecule has 32 heavy (non-hydrogen) atoms. The Hall–Kier alpha value is -1.56. The highest BCUT2D eigenvalue weighted by Crippen LogP contribution is 2.44. The number of allylic oxidation sites excluding steroid dienone is 1. The van der Waals surface area contributed by atoms with Gasteiger partial charge < -0.3 is 14.2 Å². The second-order valence-electron chi connectivity index (χ2n) is 9.20. The highest BCUT2D eigenvalue weighted by atomic mass is 31.2. The zero-order valence-electron chi connectivity index (χ0n) is 19.7. The summed E-state index contributed by atoms with van der Waals surface area (Å²) >= 11 is 0. The molecule has 7 heteroatoms. The summed E-state index contributed by atoms with van der Waals surface area (Å²) in [6.45, 7) is 10.2. The molecule has 0 amide bonds. The van der Waals surface area contributed by atoms with Crippen LogP contribution in [0.15, 0.2) is 72.6 Å². The molecule has 0 aliphatic heterocycles.